The van der Waals surface area contributed by atoms with Gasteiger partial charge in [-0.1, -0.05) is 0 Å². The molecule has 4 N–H and O–H groups in total. The number of primary amides is 1. The molecule has 0 saturated carbocycles. The van der Waals surface area contributed by atoms with Crippen LogP contribution in [0.15, 0.2) is 18.3 Å². The molecule has 0 bridgehead atoms. The van der Waals surface area contributed by atoms with Gasteiger partial charge in [-0.25, -0.2) is 4.98 Å². The number of aromatic nitrogens is 1. The SMILES string of the molecule is CN(CCCN)c1ncccc1C(N)=O. The van der Waals surface area contributed by atoms with E-state index in [-0.39, 0.29) is 0 Å². The van der Waals surface area contributed by atoms with Gasteiger partial charge in [-0.15, -0.1) is 0 Å². The number of anilines is 1. The summed E-state index contributed by atoms with van der Waals surface area (Å²) in [6.07, 6.45) is 2.49. The maximum absolute atomic E-state index is 11.1. The quantitative estimate of drug-likeness (QED) is 0.711. The number of hydrogen-bond acceptors (Lipinski definition) is 4. The van der Waals surface area contributed by atoms with Crippen molar-refractivity contribution in [2.45, 2.75) is 6.42 Å². The standard InChI is InChI=1S/C10H16N4O/c1-14(7-3-5-11)10-8(9(12)15)4-2-6-13-10/h2,4,6H,3,5,7,11H2,1H3,(H2,12,15). The van der Waals surface area contributed by atoms with Gasteiger partial charge in [0.25, 0.3) is 5.91 Å². The van der Waals surface area contributed by atoms with Crippen LogP contribution in [-0.2, 0) is 0 Å². The molecule has 0 atom stereocenters. The molecule has 0 saturated heterocycles. The van der Waals surface area contributed by atoms with Gasteiger partial charge in [0.1, 0.15) is 5.82 Å². The van der Waals surface area contributed by atoms with E-state index in [0.717, 1.165) is 13.0 Å². The normalized spacial score (nSPS) is 10.0. The lowest BCUT2D eigenvalue weighted by molar-refractivity contribution is 0.100. The van der Waals surface area contributed by atoms with Gasteiger partial charge in [0.05, 0.1) is 5.56 Å². The van der Waals surface area contributed by atoms with Gasteiger partial charge >= 0.3 is 0 Å². The number of pyridine rings is 1. The van der Waals surface area contributed by atoms with Crippen LogP contribution in [0.2, 0.25) is 0 Å². The van der Waals surface area contributed by atoms with Crippen LogP contribution in [0.1, 0.15) is 16.8 Å². The highest BCUT2D eigenvalue weighted by molar-refractivity contribution is 5.97. The number of carbonyl (C=O) groups excluding carboxylic acids is 1. The van der Waals surface area contributed by atoms with E-state index in [2.05, 4.69) is 4.98 Å². The predicted molar refractivity (Wildman–Crippen MR) is 59.7 cm³/mol. The number of nitrogens with zero attached hydrogens (tertiary/aromatic N) is 2. The van der Waals surface area contributed by atoms with Gasteiger partial charge in [-0.3, -0.25) is 4.79 Å². The predicted octanol–water partition coefficient (Wildman–Crippen LogP) is -0.0345. The monoisotopic (exact) mass is 208 g/mol. The van der Waals surface area contributed by atoms with Crippen LogP contribution >= 0.6 is 0 Å². The molecule has 15 heavy (non-hydrogen) atoms. The molecule has 82 valence electrons. The van der Waals surface area contributed by atoms with E-state index < -0.39 is 5.91 Å². The van der Waals surface area contributed by atoms with Crippen molar-refractivity contribution in [3.05, 3.63) is 23.9 Å². The third-order valence-corrected chi connectivity index (χ3v) is 2.11. The minimum Gasteiger partial charge on any atom is -0.365 e. The van der Waals surface area contributed by atoms with E-state index in [1.54, 1.807) is 18.3 Å². The summed E-state index contributed by atoms with van der Waals surface area (Å²) < 4.78 is 0. The topological polar surface area (TPSA) is 85.2 Å². The van der Waals surface area contributed by atoms with Crippen molar-refractivity contribution in [1.82, 2.24) is 4.98 Å². The highest BCUT2D eigenvalue weighted by atomic mass is 16.1. The highest BCUT2D eigenvalue weighted by Gasteiger charge is 2.11. The van der Waals surface area contributed by atoms with Gasteiger partial charge in [-0.05, 0) is 25.1 Å². The zero-order valence-electron chi connectivity index (χ0n) is 8.81. The molecular formula is C10H16N4O. The molecule has 0 fully saturated rings. The second-order valence-electron chi connectivity index (χ2n) is 3.30. The van der Waals surface area contributed by atoms with Crippen LogP contribution in [0.5, 0.6) is 0 Å². The van der Waals surface area contributed by atoms with E-state index >= 15 is 0 Å². The second kappa shape index (κ2) is 5.31. The number of nitrogens with two attached hydrogens (primary N) is 2. The minimum atomic E-state index is -0.460. The maximum atomic E-state index is 11.1. The molecule has 1 heterocycles. The molecule has 0 aliphatic heterocycles. The van der Waals surface area contributed by atoms with Gasteiger partial charge in [0, 0.05) is 19.8 Å². The molecule has 1 rings (SSSR count). The zero-order chi connectivity index (χ0) is 11.3. The lowest BCUT2D eigenvalue weighted by atomic mass is 10.2. The molecule has 0 aromatic carbocycles. The number of amides is 1. The van der Waals surface area contributed by atoms with Crippen molar-refractivity contribution < 1.29 is 4.79 Å². The first-order valence-corrected chi connectivity index (χ1v) is 4.83. The molecule has 5 heteroatoms. The number of carbonyl (C=O) groups is 1. The van der Waals surface area contributed by atoms with Gasteiger partial charge < -0.3 is 16.4 Å². The summed E-state index contributed by atoms with van der Waals surface area (Å²) in [5, 5.41) is 0. The summed E-state index contributed by atoms with van der Waals surface area (Å²) >= 11 is 0. The molecular weight excluding hydrogens is 192 g/mol. The Morgan fingerprint density at radius 2 is 2.33 bits per heavy atom. The van der Waals surface area contributed by atoms with Crippen LogP contribution in [0.4, 0.5) is 5.82 Å². The first-order valence-electron chi connectivity index (χ1n) is 4.83. The minimum absolute atomic E-state index is 0.442. The van der Waals surface area contributed by atoms with Crippen molar-refractivity contribution in [3.63, 3.8) is 0 Å². The van der Waals surface area contributed by atoms with Crippen LogP contribution in [0.25, 0.3) is 0 Å². The van der Waals surface area contributed by atoms with Crippen LogP contribution < -0.4 is 16.4 Å². The Morgan fingerprint density at radius 1 is 1.60 bits per heavy atom. The third kappa shape index (κ3) is 2.92. The van der Waals surface area contributed by atoms with E-state index in [1.807, 2.05) is 11.9 Å². The third-order valence-electron chi connectivity index (χ3n) is 2.11. The second-order valence-corrected chi connectivity index (χ2v) is 3.30. The molecule has 1 amide bonds. The van der Waals surface area contributed by atoms with E-state index in [0.29, 0.717) is 17.9 Å². The summed E-state index contributed by atoms with van der Waals surface area (Å²) in [6.45, 7) is 1.37. The fourth-order valence-corrected chi connectivity index (χ4v) is 1.33. The maximum Gasteiger partial charge on any atom is 0.252 e. The molecule has 5 nitrogen and oxygen atoms in total. The largest absolute Gasteiger partial charge is 0.365 e. The first kappa shape index (κ1) is 11.5. The molecule has 1 aromatic rings. The lowest BCUT2D eigenvalue weighted by Crippen LogP contribution is -2.25. The first-order chi connectivity index (χ1) is 7.16. The van der Waals surface area contributed by atoms with Crippen LogP contribution in [-0.4, -0.2) is 31.0 Å². The van der Waals surface area contributed by atoms with Crippen molar-refractivity contribution in [2.24, 2.45) is 11.5 Å². The van der Waals surface area contributed by atoms with E-state index in [4.69, 9.17) is 11.5 Å². The Kier molecular flexibility index (Phi) is 4.05. The summed E-state index contributed by atoms with van der Waals surface area (Å²) in [6, 6.07) is 3.37. The average molecular weight is 208 g/mol. The van der Waals surface area contributed by atoms with Crippen molar-refractivity contribution in [1.29, 1.82) is 0 Å². The zero-order valence-corrected chi connectivity index (χ0v) is 8.81. The van der Waals surface area contributed by atoms with Crippen LogP contribution in [0, 0.1) is 0 Å². The van der Waals surface area contributed by atoms with E-state index in [9.17, 15) is 4.79 Å². The fourth-order valence-electron chi connectivity index (χ4n) is 1.33. The Morgan fingerprint density at radius 3 is 2.93 bits per heavy atom. The van der Waals surface area contributed by atoms with Crippen LogP contribution in [0.3, 0.4) is 0 Å². The molecule has 0 unspecified atom stereocenters. The Hall–Kier alpha value is -1.62. The molecule has 0 spiro atoms. The summed E-state index contributed by atoms with van der Waals surface area (Å²) in [5.74, 6) is 0.149. The highest BCUT2D eigenvalue weighted by Crippen LogP contribution is 2.14. The van der Waals surface area contributed by atoms with E-state index in [1.165, 1.54) is 0 Å². The number of hydrogen-bond donors (Lipinski definition) is 2. The summed E-state index contributed by atoms with van der Waals surface area (Å²) in [5.41, 5.74) is 11.1. The van der Waals surface area contributed by atoms with Crippen molar-refractivity contribution >= 4 is 11.7 Å². The fraction of sp³-hybridized carbons (Fsp3) is 0.400. The molecule has 1 aromatic heterocycles. The molecule has 0 aliphatic rings. The van der Waals surface area contributed by atoms with Gasteiger partial charge in [-0.2, -0.15) is 0 Å². The molecule has 0 aliphatic carbocycles. The Labute approximate surface area is 89.1 Å². The summed E-state index contributed by atoms with van der Waals surface area (Å²) in [4.78, 5) is 17.1. The average Bonchev–Trinajstić information content (AvgIpc) is 2.25. The Balaban J connectivity index is 2.87. The van der Waals surface area contributed by atoms with Crippen molar-refractivity contribution in [3.8, 4) is 0 Å². The van der Waals surface area contributed by atoms with Gasteiger partial charge in [0.15, 0.2) is 0 Å². The lowest BCUT2D eigenvalue weighted by Gasteiger charge is -2.19. The molecule has 0 radical (unpaired) electrons. The van der Waals surface area contributed by atoms with Gasteiger partial charge in [0.2, 0.25) is 0 Å². The Bertz CT molecular complexity index is 340. The smallest absolute Gasteiger partial charge is 0.252 e. The summed E-state index contributed by atoms with van der Waals surface area (Å²) in [7, 11) is 1.87. The number of rotatable bonds is 5. The van der Waals surface area contributed by atoms with Crippen molar-refractivity contribution in [2.75, 3.05) is 25.0 Å².